The van der Waals surface area contributed by atoms with Crippen LogP contribution in [0.25, 0.3) is 0 Å². The zero-order valence-corrected chi connectivity index (χ0v) is 18.0. The molecule has 0 saturated carbocycles. The van der Waals surface area contributed by atoms with E-state index in [2.05, 4.69) is 27.1 Å². The number of nitrogens with zero attached hydrogens (tertiary/aromatic N) is 2. The number of phenolic OH excluding ortho intramolecular Hbond substituents is 1. The van der Waals surface area contributed by atoms with Gasteiger partial charge in [0.15, 0.2) is 5.96 Å². The number of unbranched alkanes of at least 4 members (excludes halogenated alkanes) is 1. The van der Waals surface area contributed by atoms with E-state index in [1.165, 1.54) is 6.07 Å². The van der Waals surface area contributed by atoms with Crippen molar-refractivity contribution in [3.05, 3.63) is 42.5 Å². The summed E-state index contributed by atoms with van der Waals surface area (Å²) in [7, 11) is 2.02. The van der Waals surface area contributed by atoms with E-state index in [1.54, 1.807) is 18.2 Å². The summed E-state index contributed by atoms with van der Waals surface area (Å²) in [5.74, 6) is 0.784. The molecule has 0 atom stereocenters. The molecule has 0 bridgehead atoms. The van der Waals surface area contributed by atoms with Crippen molar-refractivity contribution in [3.8, 4) is 5.75 Å². The predicted octanol–water partition coefficient (Wildman–Crippen LogP) is 2.99. The minimum absolute atomic E-state index is 0. The minimum atomic E-state index is -0.187. The molecule has 1 amide bonds. The van der Waals surface area contributed by atoms with Crippen LogP contribution < -0.4 is 10.6 Å². The summed E-state index contributed by atoms with van der Waals surface area (Å²) >= 11 is 0. The van der Waals surface area contributed by atoms with Gasteiger partial charge in [0.25, 0.3) is 5.91 Å². The third-order valence-corrected chi connectivity index (χ3v) is 3.59. The van der Waals surface area contributed by atoms with E-state index < -0.39 is 0 Å². The highest BCUT2D eigenvalue weighted by Crippen LogP contribution is 2.10. The lowest BCUT2D eigenvalue weighted by Gasteiger charge is -2.21. The third kappa shape index (κ3) is 9.65. The van der Waals surface area contributed by atoms with Gasteiger partial charge >= 0.3 is 0 Å². The Morgan fingerprint density at radius 1 is 1.35 bits per heavy atom. The Labute approximate surface area is 173 Å². The summed E-state index contributed by atoms with van der Waals surface area (Å²) < 4.78 is 0. The van der Waals surface area contributed by atoms with E-state index in [4.69, 9.17) is 0 Å². The lowest BCUT2D eigenvalue weighted by atomic mass is 10.2. The summed E-state index contributed by atoms with van der Waals surface area (Å²) in [5, 5.41) is 15.5. The summed E-state index contributed by atoms with van der Waals surface area (Å²) in [4.78, 5) is 18.7. The first-order valence-electron chi connectivity index (χ1n) is 8.76. The van der Waals surface area contributed by atoms with Crippen LogP contribution >= 0.6 is 24.0 Å². The maximum absolute atomic E-state index is 12.0. The number of halogens is 1. The second kappa shape index (κ2) is 14.4. The van der Waals surface area contributed by atoms with E-state index in [0.29, 0.717) is 18.7 Å². The van der Waals surface area contributed by atoms with Crippen LogP contribution in [0.5, 0.6) is 5.75 Å². The maximum Gasteiger partial charge on any atom is 0.251 e. The van der Waals surface area contributed by atoms with Gasteiger partial charge in [-0.25, -0.2) is 0 Å². The lowest BCUT2D eigenvalue weighted by molar-refractivity contribution is 0.0953. The number of aromatic hydroxyl groups is 1. The molecule has 0 aliphatic carbocycles. The second-order valence-electron chi connectivity index (χ2n) is 5.75. The van der Waals surface area contributed by atoms with Gasteiger partial charge in [0.2, 0.25) is 0 Å². The van der Waals surface area contributed by atoms with Gasteiger partial charge in [-0.15, -0.1) is 30.6 Å². The summed E-state index contributed by atoms with van der Waals surface area (Å²) in [6.45, 7) is 8.69. The zero-order chi connectivity index (χ0) is 18.5. The molecule has 0 aromatic heterocycles. The molecular formula is C19H31IN4O2. The number of benzene rings is 1. The molecule has 0 aliphatic heterocycles. The van der Waals surface area contributed by atoms with Gasteiger partial charge < -0.3 is 20.6 Å². The number of hydrogen-bond donors (Lipinski definition) is 3. The molecule has 1 rings (SSSR count). The fraction of sp³-hybridized carbons (Fsp3) is 0.474. The molecule has 26 heavy (non-hydrogen) atoms. The van der Waals surface area contributed by atoms with Gasteiger partial charge in [0.1, 0.15) is 5.75 Å². The van der Waals surface area contributed by atoms with Crippen molar-refractivity contribution in [2.24, 2.45) is 4.99 Å². The van der Waals surface area contributed by atoms with Gasteiger partial charge in [-0.05, 0) is 44.4 Å². The number of carbonyl (C=O) groups excluding carboxylic acids is 1. The minimum Gasteiger partial charge on any atom is -0.508 e. The number of nitrogens with one attached hydrogen (secondary N) is 2. The average Bonchev–Trinajstić information content (AvgIpc) is 2.60. The zero-order valence-electron chi connectivity index (χ0n) is 15.7. The van der Waals surface area contributed by atoms with E-state index in [9.17, 15) is 9.90 Å². The molecule has 0 saturated heterocycles. The Morgan fingerprint density at radius 3 is 2.77 bits per heavy atom. The molecular weight excluding hydrogens is 443 g/mol. The van der Waals surface area contributed by atoms with Gasteiger partial charge in [-0.3, -0.25) is 9.79 Å². The van der Waals surface area contributed by atoms with Crippen LogP contribution in [0.4, 0.5) is 0 Å². The predicted molar refractivity (Wildman–Crippen MR) is 119 cm³/mol. The third-order valence-electron chi connectivity index (χ3n) is 3.59. The Balaban J connectivity index is 0.00000625. The van der Waals surface area contributed by atoms with Crippen LogP contribution in [0, 0.1) is 0 Å². The number of guanidine groups is 1. The standard InChI is InChI=1S/C19H30N4O2.HI/c1-4-6-7-14-23(3)19(20-5-2)22-13-9-12-21-18(25)16-10-8-11-17(24)15-16;/h4,8,10-11,15,24H,1,5-7,9,12-14H2,2-3H3,(H,20,22)(H,21,25);1H. The summed E-state index contributed by atoms with van der Waals surface area (Å²) in [6, 6.07) is 6.32. The molecule has 0 heterocycles. The number of aliphatic imine (C=N–C) groups is 1. The topological polar surface area (TPSA) is 77.0 Å². The molecule has 0 unspecified atom stereocenters. The van der Waals surface area contributed by atoms with E-state index in [1.807, 2.05) is 20.0 Å². The van der Waals surface area contributed by atoms with E-state index >= 15 is 0 Å². The SMILES string of the molecule is C=CCCCN(C)C(=NCCCNC(=O)c1cccc(O)c1)NCC.I. The molecule has 146 valence electrons. The number of phenols is 1. The second-order valence-corrected chi connectivity index (χ2v) is 5.75. The van der Waals surface area contributed by atoms with Gasteiger partial charge in [-0.1, -0.05) is 12.1 Å². The molecule has 0 fully saturated rings. The highest BCUT2D eigenvalue weighted by Gasteiger charge is 2.06. The number of carbonyl (C=O) groups is 1. The van der Waals surface area contributed by atoms with Gasteiger partial charge in [0.05, 0.1) is 0 Å². The fourth-order valence-electron chi connectivity index (χ4n) is 2.26. The monoisotopic (exact) mass is 474 g/mol. The molecule has 1 aromatic carbocycles. The first-order chi connectivity index (χ1) is 12.1. The van der Waals surface area contributed by atoms with Crippen LogP contribution in [0.3, 0.4) is 0 Å². The first kappa shape index (κ1) is 24.2. The highest BCUT2D eigenvalue weighted by molar-refractivity contribution is 14.0. The van der Waals surface area contributed by atoms with Crippen LogP contribution in [-0.4, -0.2) is 55.1 Å². The smallest absolute Gasteiger partial charge is 0.251 e. The Hall–Kier alpha value is -1.77. The number of amides is 1. The Morgan fingerprint density at radius 2 is 2.12 bits per heavy atom. The number of allylic oxidation sites excluding steroid dienone is 1. The van der Waals surface area contributed by atoms with Crippen molar-refractivity contribution in [1.29, 1.82) is 0 Å². The van der Waals surface area contributed by atoms with Crippen LogP contribution in [0.2, 0.25) is 0 Å². The normalized spacial score (nSPS) is 10.6. The van der Waals surface area contributed by atoms with Crippen molar-refractivity contribution in [2.75, 3.05) is 33.2 Å². The van der Waals surface area contributed by atoms with Gasteiger partial charge in [-0.2, -0.15) is 0 Å². The molecule has 0 radical (unpaired) electrons. The van der Waals surface area contributed by atoms with Crippen molar-refractivity contribution >= 4 is 35.8 Å². The van der Waals surface area contributed by atoms with Crippen LogP contribution in [0.15, 0.2) is 41.9 Å². The molecule has 0 spiro atoms. The molecule has 3 N–H and O–H groups in total. The molecule has 6 nitrogen and oxygen atoms in total. The van der Waals surface area contributed by atoms with E-state index in [0.717, 1.165) is 38.3 Å². The van der Waals surface area contributed by atoms with Crippen molar-refractivity contribution in [2.45, 2.75) is 26.2 Å². The Kier molecular flexibility index (Phi) is 13.4. The quantitative estimate of drug-likeness (QED) is 0.160. The summed E-state index contributed by atoms with van der Waals surface area (Å²) in [6.07, 6.45) is 4.71. The van der Waals surface area contributed by atoms with Crippen molar-refractivity contribution in [3.63, 3.8) is 0 Å². The number of rotatable bonds is 10. The maximum atomic E-state index is 12.0. The average molecular weight is 474 g/mol. The molecule has 0 aliphatic rings. The molecule has 1 aromatic rings. The number of hydrogen-bond acceptors (Lipinski definition) is 3. The van der Waals surface area contributed by atoms with Crippen LogP contribution in [-0.2, 0) is 0 Å². The summed E-state index contributed by atoms with van der Waals surface area (Å²) in [5.41, 5.74) is 0.457. The van der Waals surface area contributed by atoms with E-state index in [-0.39, 0.29) is 35.6 Å². The molecule has 7 heteroatoms. The fourth-order valence-corrected chi connectivity index (χ4v) is 2.26. The lowest BCUT2D eigenvalue weighted by Crippen LogP contribution is -2.39. The first-order valence-corrected chi connectivity index (χ1v) is 8.76. The van der Waals surface area contributed by atoms with Crippen molar-refractivity contribution in [1.82, 2.24) is 15.5 Å². The van der Waals surface area contributed by atoms with Crippen LogP contribution in [0.1, 0.15) is 36.5 Å². The Bertz CT molecular complexity index is 578. The highest BCUT2D eigenvalue weighted by atomic mass is 127. The van der Waals surface area contributed by atoms with Crippen molar-refractivity contribution < 1.29 is 9.90 Å². The largest absolute Gasteiger partial charge is 0.508 e. The van der Waals surface area contributed by atoms with Gasteiger partial charge in [0, 0.05) is 38.8 Å².